The van der Waals surface area contributed by atoms with Gasteiger partial charge in [-0.1, -0.05) is 76.1 Å². The average molecular weight is 333 g/mol. The van der Waals surface area contributed by atoms with Crippen molar-refractivity contribution in [2.75, 3.05) is 0 Å². The SMILES string of the molecule is CCCCCCCC(C)(C)[SiH2]Oc1cc(Cl)ccc1Cl. The summed E-state index contributed by atoms with van der Waals surface area (Å²) in [5, 5.41) is 1.63. The quantitative estimate of drug-likeness (QED) is 0.397. The molecule has 0 N–H and O–H groups in total. The van der Waals surface area contributed by atoms with E-state index in [1.807, 2.05) is 6.07 Å². The number of halogens is 2. The Morgan fingerprint density at radius 3 is 2.50 bits per heavy atom. The number of unbranched alkanes of at least 4 members (excludes halogenated alkanes) is 4. The van der Waals surface area contributed by atoms with Crippen molar-refractivity contribution in [3.05, 3.63) is 28.2 Å². The summed E-state index contributed by atoms with van der Waals surface area (Å²) in [5.74, 6) is 0.741. The predicted octanol–water partition coefficient (Wildman–Crippen LogP) is 6.02. The minimum Gasteiger partial charge on any atom is -0.548 e. The van der Waals surface area contributed by atoms with Gasteiger partial charge in [0.25, 0.3) is 0 Å². The van der Waals surface area contributed by atoms with Gasteiger partial charge in [0, 0.05) is 5.02 Å². The van der Waals surface area contributed by atoms with E-state index in [0.29, 0.717) is 15.1 Å². The van der Waals surface area contributed by atoms with Gasteiger partial charge < -0.3 is 4.43 Å². The Labute approximate surface area is 135 Å². The lowest BCUT2D eigenvalue weighted by atomic mass is 10.0. The first-order valence-electron chi connectivity index (χ1n) is 7.52. The predicted molar refractivity (Wildman–Crippen MR) is 93.1 cm³/mol. The van der Waals surface area contributed by atoms with Crippen molar-refractivity contribution in [2.24, 2.45) is 0 Å². The van der Waals surface area contributed by atoms with Crippen molar-refractivity contribution >= 4 is 33.0 Å². The topological polar surface area (TPSA) is 9.23 Å². The van der Waals surface area contributed by atoms with Crippen LogP contribution >= 0.6 is 23.2 Å². The van der Waals surface area contributed by atoms with Gasteiger partial charge in [0.1, 0.15) is 5.75 Å². The molecule has 0 aliphatic carbocycles. The van der Waals surface area contributed by atoms with Gasteiger partial charge in [-0.25, -0.2) is 0 Å². The Balaban J connectivity index is 2.36. The Bertz CT molecular complexity index is 407. The molecule has 1 aromatic carbocycles. The van der Waals surface area contributed by atoms with Gasteiger partial charge in [0.05, 0.1) is 5.02 Å². The zero-order valence-corrected chi connectivity index (χ0v) is 15.8. The van der Waals surface area contributed by atoms with E-state index in [1.165, 1.54) is 38.5 Å². The summed E-state index contributed by atoms with van der Waals surface area (Å²) in [6.07, 6.45) is 7.88. The van der Waals surface area contributed by atoms with Crippen molar-refractivity contribution in [1.82, 2.24) is 0 Å². The molecule has 114 valence electrons. The third-order valence-electron chi connectivity index (χ3n) is 3.47. The van der Waals surface area contributed by atoms with Crippen LogP contribution in [0.15, 0.2) is 18.2 Å². The van der Waals surface area contributed by atoms with E-state index < -0.39 is 9.76 Å². The van der Waals surface area contributed by atoms with Gasteiger partial charge in [-0.2, -0.15) is 0 Å². The number of hydrogen-bond acceptors (Lipinski definition) is 1. The van der Waals surface area contributed by atoms with Crippen molar-refractivity contribution in [3.8, 4) is 5.75 Å². The molecular weight excluding hydrogens is 307 g/mol. The molecule has 20 heavy (non-hydrogen) atoms. The molecule has 0 aromatic heterocycles. The van der Waals surface area contributed by atoms with Crippen molar-refractivity contribution in [1.29, 1.82) is 0 Å². The van der Waals surface area contributed by atoms with Crippen LogP contribution in [-0.2, 0) is 0 Å². The van der Waals surface area contributed by atoms with Gasteiger partial charge in [-0.05, 0) is 29.7 Å². The average Bonchev–Trinajstić information content (AvgIpc) is 2.40. The summed E-state index contributed by atoms with van der Waals surface area (Å²) >= 11 is 12.1. The highest BCUT2D eigenvalue weighted by molar-refractivity contribution is 6.36. The third-order valence-corrected chi connectivity index (χ3v) is 5.61. The maximum absolute atomic E-state index is 6.13. The molecule has 0 fully saturated rings. The van der Waals surface area contributed by atoms with E-state index in [9.17, 15) is 0 Å². The van der Waals surface area contributed by atoms with Crippen molar-refractivity contribution in [2.45, 2.75) is 64.3 Å². The molecule has 0 spiro atoms. The fourth-order valence-electron chi connectivity index (χ4n) is 2.14. The summed E-state index contributed by atoms with van der Waals surface area (Å²) in [7, 11) is -0.679. The molecule has 0 aliphatic heterocycles. The number of hydrogen-bond donors (Lipinski definition) is 0. The molecule has 0 atom stereocenters. The van der Waals surface area contributed by atoms with Gasteiger partial charge >= 0.3 is 0 Å². The van der Waals surface area contributed by atoms with Crippen LogP contribution < -0.4 is 4.43 Å². The van der Waals surface area contributed by atoms with Crippen LogP contribution in [0.25, 0.3) is 0 Å². The van der Waals surface area contributed by atoms with Gasteiger partial charge in [-0.3, -0.25) is 0 Å². The second-order valence-corrected chi connectivity index (χ2v) is 9.53. The second kappa shape index (κ2) is 8.96. The molecule has 1 aromatic rings. The molecule has 0 amide bonds. The fourth-order valence-corrected chi connectivity index (χ4v) is 3.75. The smallest absolute Gasteiger partial charge is 0.225 e. The second-order valence-electron chi connectivity index (χ2n) is 6.19. The lowest BCUT2D eigenvalue weighted by molar-refractivity contribution is 0.478. The molecule has 1 rings (SSSR count). The highest BCUT2D eigenvalue weighted by Crippen LogP contribution is 2.33. The van der Waals surface area contributed by atoms with Crippen molar-refractivity contribution < 1.29 is 4.43 Å². The number of rotatable bonds is 9. The Hall–Kier alpha value is -0.183. The lowest BCUT2D eigenvalue weighted by Gasteiger charge is -2.24. The zero-order valence-electron chi connectivity index (χ0n) is 12.8. The molecule has 0 saturated heterocycles. The van der Waals surface area contributed by atoms with E-state index >= 15 is 0 Å². The van der Waals surface area contributed by atoms with Crippen molar-refractivity contribution in [3.63, 3.8) is 0 Å². The maximum Gasteiger partial charge on any atom is 0.225 e. The van der Waals surface area contributed by atoms with Crippen LogP contribution in [0.1, 0.15) is 59.3 Å². The minimum atomic E-state index is -0.679. The molecule has 0 aliphatic rings. The molecule has 0 unspecified atom stereocenters. The number of benzene rings is 1. The molecule has 0 saturated carbocycles. The van der Waals surface area contributed by atoms with Gasteiger partial charge in [-0.15, -0.1) is 0 Å². The van der Waals surface area contributed by atoms with Crippen LogP contribution in [0.2, 0.25) is 15.1 Å². The Morgan fingerprint density at radius 1 is 1.10 bits per heavy atom. The van der Waals surface area contributed by atoms with Crippen LogP contribution in [0.4, 0.5) is 0 Å². The summed E-state index contributed by atoms with van der Waals surface area (Å²) < 4.78 is 5.98. The maximum atomic E-state index is 6.13. The summed E-state index contributed by atoms with van der Waals surface area (Å²) in [4.78, 5) is 0. The van der Waals surface area contributed by atoms with Gasteiger partial charge in [0.2, 0.25) is 9.76 Å². The highest BCUT2D eigenvalue weighted by atomic mass is 35.5. The summed E-state index contributed by atoms with van der Waals surface area (Å²) in [6, 6.07) is 5.40. The standard InChI is InChI=1S/C16H26Cl2OSi/c1-4-5-6-7-8-11-16(2,3)20-19-15-12-13(17)9-10-14(15)18/h9-10,12H,4-8,11,20H2,1-3H3. The van der Waals surface area contributed by atoms with E-state index in [0.717, 1.165) is 5.75 Å². The molecule has 0 heterocycles. The highest BCUT2D eigenvalue weighted by Gasteiger charge is 2.20. The first kappa shape index (κ1) is 17.9. The molecule has 0 radical (unpaired) electrons. The Kier molecular flexibility index (Phi) is 8.01. The normalized spacial score (nSPS) is 12.2. The lowest BCUT2D eigenvalue weighted by Crippen LogP contribution is -2.19. The van der Waals surface area contributed by atoms with E-state index in [-0.39, 0.29) is 0 Å². The zero-order chi connectivity index (χ0) is 15.0. The van der Waals surface area contributed by atoms with E-state index in [1.54, 1.807) is 12.1 Å². The summed E-state index contributed by atoms with van der Waals surface area (Å²) in [6.45, 7) is 6.86. The van der Waals surface area contributed by atoms with E-state index in [2.05, 4.69) is 20.8 Å². The van der Waals surface area contributed by atoms with Gasteiger partial charge in [0.15, 0.2) is 0 Å². The van der Waals surface area contributed by atoms with Crippen LogP contribution in [0.3, 0.4) is 0 Å². The Morgan fingerprint density at radius 2 is 1.80 bits per heavy atom. The third kappa shape index (κ3) is 7.01. The monoisotopic (exact) mass is 332 g/mol. The first-order chi connectivity index (χ1) is 9.44. The largest absolute Gasteiger partial charge is 0.548 e. The van der Waals surface area contributed by atoms with Crippen LogP contribution in [-0.4, -0.2) is 9.76 Å². The molecular formula is C16H26Cl2OSi. The van der Waals surface area contributed by atoms with Crippen LogP contribution in [0, 0.1) is 0 Å². The van der Waals surface area contributed by atoms with E-state index in [4.69, 9.17) is 27.6 Å². The first-order valence-corrected chi connectivity index (χ1v) is 9.56. The summed E-state index contributed by atoms with van der Waals surface area (Å²) in [5.41, 5.74) is 0. The van der Waals surface area contributed by atoms with Crippen LogP contribution in [0.5, 0.6) is 5.75 Å². The molecule has 4 heteroatoms. The molecule has 1 nitrogen and oxygen atoms in total. The molecule has 0 bridgehead atoms. The minimum absolute atomic E-state index is 0.303. The fraction of sp³-hybridized carbons (Fsp3) is 0.625.